The first kappa shape index (κ1) is 146. The third-order valence-corrected chi connectivity index (χ3v) is 110. The molecule has 5 aliphatic heterocycles. The Hall–Kier alpha value is 5.97. The fourth-order valence-corrected chi connectivity index (χ4v) is 111. The molecular weight excluding hydrogens is 2210 g/mol. The summed E-state index contributed by atoms with van der Waals surface area (Å²) in [4.78, 5) is 9.86. The molecule has 0 saturated carbocycles. The van der Waals surface area contributed by atoms with Crippen LogP contribution in [0.15, 0.2) is 0 Å². The van der Waals surface area contributed by atoms with Crippen LogP contribution in [-0.2, 0) is 140 Å². The van der Waals surface area contributed by atoms with Crippen LogP contribution in [0.2, 0.25) is 174 Å². The van der Waals surface area contributed by atoms with Gasteiger partial charge in [-0.15, -0.1) is 0 Å². The molecule has 0 amide bonds. The quantitative estimate of drug-likeness (QED) is 0.0675. The standard InChI is InChI=1S/C30H88O15Si16.C9H52O20Si18.9C2H6.CH4/c1-49-34-52(4)40-59(10,41-53(5)35-49)28-22-16-13-19-25-46-31-48-33-58(27-21-15-18-24-30-61(12)44-56(8)38-51(3)39-57(9)45-61)32-47-26-20-14-17-23-29-60(11)42-54(6)36-50(2)37-55(7)43-60;1-36(10)19-45(16-33-13-31-14-35-18-47-28-43(8)23-39(4)24-44(9)29-47)25-40(5)20-37(2)15-32-11-30-12-34-17-46-26-41(6)21-38(3)22-42(7)27-46;9*1-2;/h49-58H,13-30,46-48H2,1-12H3;10,36-47H,30-35H2,1-9H3;9*1-2H3;1H4. The van der Waals surface area contributed by atoms with Crippen LogP contribution < -0.4 is 0 Å². The highest BCUT2D eigenvalue weighted by molar-refractivity contribution is 6.83. The van der Waals surface area contributed by atoms with Gasteiger partial charge in [0, 0.05) is 0 Å². The summed E-state index contributed by atoms with van der Waals surface area (Å²) in [5.41, 5.74) is 0. The van der Waals surface area contributed by atoms with Crippen LogP contribution in [0.5, 0.6) is 0 Å². The van der Waals surface area contributed by atoms with Gasteiger partial charge < -0.3 is 145 Å². The molecule has 15 atom stereocenters. The monoisotopic (exact) mass is 2410 g/mol. The van der Waals surface area contributed by atoms with E-state index in [-0.39, 0.29) is 7.43 Å². The number of unbranched alkanes of at least 4 members (excludes halogenated alkanes) is 9. The smallest absolute Gasteiger partial charge is 0.446 e. The van der Waals surface area contributed by atoms with E-state index < -0.39 is 320 Å². The van der Waals surface area contributed by atoms with Crippen LogP contribution >= 0.6 is 0 Å². The van der Waals surface area contributed by atoms with E-state index in [4.69, 9.17) is 140 Å². The Bertz CT molecular complexity index is 2200. The molecule has 5 saturated heterocycles. The highest BCUT2D eigenvalue weighted by atomic mass is 28.5. The van der Waals surface area contributed by atoms with Crippen LogP contribution in [0.3, 0.4) is 0 Å². The van der Waals surface area contributed by atoms with Crippen LogP contribution in [0.4, 0.5) is 0 Å². The molecule has 0 aromatic carbocycles. The maximum atomic E-state index is 9.86. The molecule has 5 fully saturated rings. The number of rotatable bonds is 49. The molecule has 1 N–H and O–H groups in total. The Balaban J connectivity index is -0.000000390. The highest BCUT2D eigenvalue weighted by Gasteiger charge is 2.43. The highest BCUT2D eigenvalue weighted by Crippen LogP contribution is 2.28. The fourth-order valence-electron chi connectivity index (χ4n) is 12.0. The van der Waals surface area contributed by atoms with Crippen molar-refractivity contribution in [2.45, 2.75) is 383 Å². The van der Waals surface area contributed by atoms with Gasteiger partial charge in [-0.2, -0.15) is 0 Å². The molecule has 776 valence electrons. The van der Waals surface area contributed by atoms with E-state index in [9.17, 15) is 4.80 Å². The molecular formula is C58H198O35Si34. The fraction of sp³-hybridized carbons (Fsp3) is 1.00. The van der Waals surface area contributed by atoms with Gasteiger partial charge in [-0.25, -0.2) is 0 Å². The summed E-state index contributed by atoms with van der Waals surface area (Å²) in [5.74, 6) is 0. The molecule has 0 aliphatic carbocycles. The molecule has 15 unspecified atom stereocenters. The first-order valence-corrected chi connectivity index (χ1v) is 110. The van der Waals surface area contributed by atoms with Gasteiger partial charge in [0.1, 0.15) is 19.5 Å². The Labute approximate surface area is 840 Å². The van der Waals surface area contributed by atoms with Crippen molar-refractivity contribution in [1.82, 2.24) is 0 Å². The lowest BCUT2D eigenvalue weighted by Gasteiger charge is -2.37. The first-order chi connectivity index (χ1) is 60.3. The Morgan fingerprint density at radius 1 is 0.268 bits per heavy atom. The minimum absolute atomic E-state index is 0. The van der Waals surface area contributed by atoms with E-state index in [0.717, 1.165) is 49.9 Å². The lowest BCUT2D eigenvalue weighted by atomic mass is 10.2. The van der Waals surface area contributed by atoms with Gasteiger partial charge in [-0.05, 0) is 174 Å². The van der Waals surface area contributed by atoms with Gasteiger partial charge in [0.15, 0.2) is 0 Å². The summed E-state index contributed by atoms with van der Waals surface area (Å²) in [7, 11) is -57.4. The van der Waals surface area contributed by atoms with Crippen molar-refractivity contribution >= 4 is 320 Å². The zero-order chi connectivity index (χ0) is 97.3. The van der Waals surface area contributed by atoms with Crippen molar-refractivity contribution in [3.05, 3.63) is 0 Å². The second-order valence-electron chi connectivity index (χ2n) is 27.2. The van der Waals surface area contributed by atoms with Crippen molar-refractivity contribution in [3.8, 4) is 0 Å². The predicted octanol–water partition coefficient (Wildman–Crippen LogP) is 3.04. The molecule has 127 heavy (non-hydrogen) atoms. The summed E-state index contributed by atoms with van der Waals surface area (Å²) >= 11 is 0. The van der Waals surface area contributed by atoms with Crippen molar-refractivity contribution in [2.24, 2.45) is 0 Å². The average Bonchev–Trinajstić information content (AvgIpc) is 0.855. The third kappa shape index (κ3) is 87.1. The lowest BCUT2D eigenvalue weighted by Crippen LogP contribution is -2.52. The van der Waals surface area contributed by atoms with Crippen molar-refractivity contribution < 1.29 is 145 Å². The zero-order valence-corrected chi connectivity index (χ0v) is 128. The van der Waals surface area contributed by atoms with Crippen molar-refractivity contribution in [3.63, 3.8) is 0 Å². The third-order valence-electron chi connectivity index (χ3n) is 16.3. The summed E-state index contributed by atoms with van der Waals surface area (Å²) in [6.07, 6.45) is 14.3. The Kier molecular flexibility index (Phi) is 114. The second-order valence-corrected chi connectivity index (χ2v) is 103. The van der Waals surface area contributed by atoms with Crippen LogP contribution in [0.1, 0.15) is 209 Å². The second kappa shape index (κ2) is 99.3. The molecule has 5 aliphatic rings. The lowest BCUT2D eigenvalue weighted by molar-refractivity contribution is 0.229. The average molecular weight is 2410 g/mol. The van der Waals surface area contributed by atoms with Crippen LogP contribution in [0, 0.1) is 0 Å². The summed E-state index contributed by atoms with van der Waals surface area (Å²) < 4.78 is 205. The normalized spacial score (nSPS) is 30.6. The Morgan fingerprint density at radius 2 is 0.535 bits per heavy atom. The molecule has 35 nitrogen and oxygen atoms in total. The molecule has 0 spiro atoms. The molecule has 5 rings (SSSR count). The number of hydrogen-bond acceptors (Lipinski definition) is 35. The largest absolute Gasteiger partial charge is 0.456 e. The van der Waals surface area contributed by atoms with Gasteiger partial charge in [-0.1, -0.05) is 209 Å². The molecule has 5 heterocycles. The van der Waals surface area contributed by atoms with E-state index in [2.05, 4.69) is 78.6 Å². The van der Waals surface area contributed by atoms with Gasteiger partial charge in [0.25, 0.3) is 181 Å². The van der Waals surface area contributed by atoms with Crippen LogP contribution in [0.25, 0.3) is 0 Å². The minimum atomic E-state index is -2.61. The molecule has 0 bridgehead atoms. The van der Waals surface area contributed by atoms with E-state index in [1.54, 1.807) is 6.55 Å². The zero-order valence-electron chi connectivity index (χ0n) is 86.6. The van der Waals surface area contributed by atoms with E-state index in [1.807, 2.05) is 177 Å². The van der Waals surface area contributed by atoms with E-state index >= 15 is 0 Å². The van der Waals surface area contributed by atoms with E-state index in [1.165, 1.54) is 63.5 Å². The molecule has 69 heteroatoms. The van der Waals surface area contributed by atoms with Crippen LogP contribution in [-0.4, -0.2) is 325 Å². The van der Waals surface area contributed by atoms with E-state index in [0.29, 0.717) is 0 Å². The van der Waals surface area contributed by atoms with Gasteiger partial charge in [-0.3, -0.25) is 0 Å². The SMILES string of the molecule is C.CC.CC.CC.CC.CC.CC.CC.CC.CC.C[SiH](O)O[SiH](O[SiH2]O[SiH2]O[SiH2]O[SiH]1O[SiH](C)O[SiH](C)O[SiH](C)O1)O[SiH](C)O[SiH](C)O[SiH2]O[SiH2]O[SiH2]O[SiH]1O[SiH](C)O[SiH](C)O[SiH](C)O1.C[SiH]1O[SiH](C)O[Si](C)(CCCCCC[SiH2]O[SiH2]O[SiH](CCCCCC[Si]2(C)O[SiH](C)O[SiH](C)O[SiH](C)O2)O[SiH2]CCCCCC[Si]2(C)O[SiH](C)O[SiH](C)O[SiH](C)O2)O[SiH](C)O1. The predicted molar refractivity (Wildman–Crippen MR) is 607 cm³/mol. The molecule has 0 radical (unpaired) electrons. The maximum Gasteiger partial charge on any atom is 0.456 e. The number of hydrogen-bond donors (Lipinski definition) is 1. The van der Waals surface area contributed by atoms with Gasteiger partial charge in [0.05, 0.1) is 0 Å². The summed E-state index contributed by atoms with van der Waals surface area (Å²) in [5, 5.41) is 0. The topological polar surface area (TPSA) is 334 Å². The van der Waals surface area contributed by atoms with Gasteiger partial charge in [0.2, 0.25) is 0 Å². The summed E-state index contributed by atoms with van der Waals surface area (Å²) in [6, 6.07) is 6.60. The Morgan fingerprint density at radius 3 is 0.858 bits per heavy atom. The summed E-state index contributed by atoms with van der Waals surface area (Å²) in [6.45, 7) is 78.9. The van der Waals surface area contributed by atoms with Gasteiger partial charge >= 0.3 is 119 Å². The first-order valence-electron chi connectivity index (χ1n) is 47.8. The molecule has 0 aromatic heterocycles. The molecule has 0 aromatic rings. The maximum absolute atomic E-state index is 9.86. The minimum Gasteiger partial charge on any atom is -0.446 e. The van der Waals surface area contributed by atoms with Crippen molar-refractivity contribution in [1.29, 1.82) is 0 Å². The van der Waals surface area contributed by atoms with Crippen molar-refractivity contribution in [2.75, 3.05) is 0 Å².